The van der Waals surface area contributed by atoms with Gasteiger partial charge < -0.3 is 0 Å². The molecule has 0 bridgehead atoms. The highest BCUT2D eigenvalue weighted by Gasteiger charge is 2.10. The van der Waals surface area contributed by atoms with E-state index in [0.29, 0.717) is 15.8 Å². The molecule has 0 spiro atoms. The summed E-state index contributed by atoms with van der Waals surface area (Å²) in [6.45, 7) is 2.52. The molecule has 0 aliphatic carbocycles. The van der Waals surface area contributed by atoms with E-state index < -0.39 is 0 Å². The Labute approximate surface area is 116 Å². The van der Waals surface area contributed by atoms with Crippen LogP contribution < -0.4 is 11.2 Å². The van der Waals surface area contributed by atoms with E-state index in [1.54, 1.807) is 19.4 Å². The van der Waals surface area contributed by atoms with E-state index in [1.807, 2.05) is 29.5 Å². The lowest BCUT2D eigenvalue weighted by Crippen LogP contribution is -2.41. The van der Waals surface area contributed by atoms with Crippen molar-refractivity contribution in [3.63, 3.8) is 0 Å². The normalized spacial score (nSPS) is 10.8. The van der Waals surface area contributed by atoms with Gasteiger partial charge in [0.2, 0.25) is 0 Å². The summed E-state index contributed by atoms with van der Waals surface area (Å²) in [5.41, 5.74) is -0.0362. The highest BCUT2D eigenvalue weighted by atomic mass is 127. The summed E-state index contributed by atoms with van der Waals surface area (Å²) in [4.78, 5) is 24.0. The van der Waals surface area contributed by atoms with E-state index >= 15 is 0 Å². The Morgan fingerprint density at radius 3 is 2.61 bits per heavy atom. The van der Waals surface area contributed by atoms with Gasteiger partial charge in [0.15, 0.2) is 0 Å². The van der Waals surface area contributed by atoms with Crippen LogP contribution in [-0.4, -0.2) is 24.1 Å². The first-order valence-electron chi connectivity index (χ1n) is 5.38. The molecule has 18 heavy (non-hydrogen) atoms. The lowest BCUT2D eigenvalue weighted by atomic mass is 10.4. The fourth-order valence-electron chi connectivity index (χ4n) is 1.61. The van der Waals surface area contributed by atoms with Gasteiger partial charge in [-0.1, -0.05) is 5.21 Å². The summed E-state index contributed by atoms with van der Waals surface area (Å²) < 4.78 is 4.72. The molecule has 0 aliphatic rings. The molecule has 0 fully saturated rings. The topological polar surface area (TPSA) is 74.7 Å². The third kappa shape index (κ3) is 2.37. The highest BCUT2D eigenvalue weighted by molar-refractivity contribution is 14.1. The van der Waals surface area contributed by atoms with Gasteiger partial charge in [0.1, 0.15) is 5.69 Å². The van der Waals surface area contributed by atoms with Crippen LogP contribution in [0.5, 0.6) is 0 Å². The minimum atomic E-state index is -0.325. The highest BCUT2D eigenvalue weighted by Crippen LogP contribution is 1.97. The van der Waals surface area contributed by atoms with Crippen molar-refractivity contribution in [1.82, 2.24) is 24.1 Å². The van der Waals surface area contributed by atoms with E-state index in [9.17, 15) is 9.59 Å². The predicted molar refractivity (Wildman–Crippen MR) is 73.5 cm³/mol. The molecule has 7 nitrogen and oxygen atoms in total. The van der Waals surface area contributed by atoms with Gasteiger partial charge in [-0.05, 0) is 29.5 Å². The molecule has 8 heteroatoms. The van der Waals surface area contributed by atoms with Gasteiger partial charge in [-0.15, -0.1) is 5.10 Å². The van der Waals surface area contributed by atoms with Crippen LogP contribution in [-0.2, 0) is 20.1 Å². The SMILES string of the molecule is CCn1cc(I)c(=O)n(Cc2cn(C)nn2)c1=O. The van der Waals surface area contributed by atoms with Crippen LogP contribution in [0.15, 0.2) is 22.0 Å². The van der Waals surface area contributed by atoms with Gasteiger partial charge in [-0.25, -0.2) is 4.79 Å². The molecule has 2 aromatic heterocycles. The van der Waals surface area contributed by atoms with Gasteiger partial charge in [0.25, 0.3) is 5.56 Å². The smallest absolute Gasteiger partial charge is 0.300 e. The van der Waals surface area contributed by atoms with Crippen LogP contribution in [0, 0.1) is 3.57 Å². The molecule has 0 radical (unpaired) electrons. The van der Waals surface area contributed by atoms with Crippen molar-refractivity contribution in [2.24, 2.45) is 7.05 Å². The molecule has 0 atom stereocenters. The molecule has 0 aliphatic heterocycles. The number of hydrogen-bond donors (Lipinski definition) is 0. The maximum Gasteiger partial charge on any atom is 0.331 e. The molecule has 2 heterocycles. The number of aryl methyl sites for hydroxylation is 2. The van der Waals surface area contributed by atoms with E-state index in [-0.39, 0.29) is 17.8 Å². The van der Waals surface area contributed by atoms with Crippen LogP contribution >= 0.6 is 22.6 Å². The summed E-state index contributed by atoms with van der Waals surface area (Å²) in [5, 5.41) is 7.66. The maximum atomic E-state index is 12.1. The Morgan fingerprint density at radius 1 is 1.33 bits per heavy atom. The van der Waals surface area contributed by atoms with Crippen molar-refractivity contribution in [2.75, 3.05) is 0 Å². The first-order valence-corrected chi connectivity index (χ1v) is 6.45. The van der Waals surface area contributed by atoms with Crippen LogP contribution in [0.2, 0.25) is 0 Å². The van der Waals surface area contributed by atoms with Crippen molar-refractivity contribution < 1.29 is 0 Å². The first-order chi connectivity index (χ1) is 8.52. The molecule has 2 rings (SSSR count). The van der Waals surface area contributed by atoms with Crippen molar-refractivity contribution >= 4 is 22.6 Å². The molecular formula is C10H12IN5O2. The molecule has 0 saturated carbocycles. The average Bonchev–Trinajstić information content (AvgIpc) is 2.75. The summed E-state index contributed by atoms with van der Waals surface area (Å²) in [6, 6.07) is 0. The lowest BCUT2D eigenvalue weighted by Gasteiger charge is -2.07. The predicted octanol–water partition coefficient (Wildman–Crippen LogP) is -0.189. The van der Waals surface area contributed by atoms with E-state index in [2.05, 4.69) is 10.3 Å². The Kier molecular flexibility index (Phi) is 3.64. The Hall–Kier alpha value is -1.45. The van der Waals surface area contributed by atoms with Gasteiger partial charge in [-0.2, -0.15) is 0 Å². The summed E-state index contributed by atoms with van der Waals surface area (Å²) in [7, 11) is 1.73. The van der Waals surface area contributed by atoms with Gasteiger partial charge >= 0.3 is 5.69 Å². The Balaban J connectivity index is 2.53. The maximum absolute atomic E-state index is 12.1. The molecular weight excluding hydrogens is 349 g/mol. The van der Waals surface area contributed by atoms with E-state index in [0.717, 1.165) is 0 Å². The third-order valence-electron chi connectivity index (χ3n) is 2.51. The Bertz CT molecular complexity index is 684. The zero-order valence-electron chi connectivity index (χ0n) is 10.00. The van der Waals surface area contributed by atoms with Crippen LogP contribution in [0.1, 0.15) is 12.6 Å². The monoisotopic (exact) mass is 361 g/mol. The molecule has 0 saturated heterocycles. The standard InChI is InChI=1S/C10H12IN5O2/c1-3-15-6-8(11)9(17)16(10(15)18)5-7-4-14(2)13-12-7/h4,6H,3,5H2,1-2H3. The second-order valence-electron chi connectivity index (χ2n) is 3.82. The van der Waals surface area contributed by atoms with Crippen LogP contribution in [0.25, 0.3) is 0 Å². The quantitative estimate of drug-likeness (QED) is 0.711. The molecule has 0 aromatic carbocycles. The number of halogens is 1. The zero-order valence-corrected chi connectivity index (χ0v) is 12.2. The fraction of sp³-hybridized carbons (Fsp3) is 0.400. The number of aromatic nitrogens is 5. The minimum absolute atomic E-state index is 0.141. The van der Waals surface area contributed by atoms with Crippen molar-refractivity contribution in [3.8, 4) is 0 Å². The summed E-state index contributed by atoms with van der Waals surface area (Å²) in [6.07, 6.45) is 3.25. The molecule has 96 valence electrons. The largest absolute Gasteiger partial charge is 0.331 e. The van der Waals surface area contributed by atoms with E-state index in [4.69, 9.17) is 0 Å². The van der Waals surface area contributed by atoms with Crippen LogP contribution in [0.4, 0.5) is 0 Å². The molecule has 2 aromatic rings. The van der Waals surface area contributed by atoms with Gasteiger partial charge in [0, 0.05) is 26.0 Å². The lowest BCUT2D eigenvalue weighted by molar-refractivity contribution is 0.589. The molecule has 0 N–H and O–H groups in total. The summed E-state index contributed by atoms with van der Waals surface area (Å²) in [5.74, 6) is 0. The zero-order chi connectivity index (χ0) is 13.3. The van der Waals surface area contributed by atoms with Crippen molar-refractivity contribution in [2.45, 2.75) is 20.0 Å². The average molecular weight is 361 g/mol. The number of nitrogens with zero attached hydrogens (tertiary/aromatic N) is 5. The second kappa shape index (κ2) is 5.04. The molecule has 0 unspecified atom stereocenters. The molecule has 0 amide bonds. The van der Waals surface area contributed by atoms with Gasteiger partial charge in [-0.3, -0.25) is 18.6 Å². The van der Waals surface area contributed by atoms with Crippen molar-refractivity contribution in [1.29, 1.82) is 0 Å². The minimum Gasteiger partial charge on any atom is -0.300 e. The second-order valence-corrected chi connectivity index (χ2v) is 4.98. The fourth-order valence-corrected chi connectivity index (χ4v) is 2.24. The number of rotatable bonds is 3. The first kappa shape index (κ1) is 13.0. The summed E-state index contributed by atoms with van der Waals surface area (Å²) >= 11 is 1.93. The van der Waals surface area contributed by atoms with Crippen molar-refractivity contribution in [3.05, 3.63) is 42.5 Å². The third-order valence-corrected chi connectivity index (χ3v) is 3.25. The van der Waals surface area contributed by atoms with E-state index in [1.165, 1.54) is 13.8 Å². The number of hydrogen-bond acceptors (Lipinski definition) is 4. The van der Waals surface area contributed by atoms with Gasteiger partial charge in [0.05, 0.1) is 10.1 Å². The van der Waals surface area contributed by atoms with Crippen LogP contribution in [0.3, 0.4) is 0 Å². The Morgan fingerprint density at radius 2 is 2.06 bits per heavy atom.